The number of epoxide rings is 1. The van der Waals surface area contributed by atoms with E-state index in [-0.39, 0.29) is 11.9 Å². The second kappa shape index (κ2) is 6.13. The fourth-order valence-corrected chi connectivity index (χ4v) is 5.37. The van der Waals surface area contributed by atoms with Crippen molar-refractivity contribution >= 4 is 14.1 Å². The second-order valence-corrected chi connectivity index (χ2v) is 9.97. The summed E-state index contributed by atoms with van der Waals surface area (Å²) in [6.07, 6.45) is 2.12. The summed E-state index contributed by atoms with van der Waals surface area (Å²) in [7, 11) is -1.68. The van der Waals surface area contributed by atoms with Crippen LogP contribution in [-0.2, 0) is 14.0 Å². The molecule has 1 fully saturated rings. The number of hydrogen-bond acceptors (Lipinski definition) is 3. The molecule has 1 aliphatic rings. The zero-order valence-electron chi connectivity index (χ0n) is 12.1. The van der Waals surface area contributed by atoms with Crippen molar-refractivity contribution in [2.45, 2.75) is 64.0 Å². The monoisotopic (exact) mass is 270 g/mol. The number of Topliss-reactive ketones (excluding diaryl/α,β-unsaturated/α-hetero) is 1. The lowest BCUT2D eigenvalue weighted by atomic mass is 9.97. The fraction of sp³-hybridized carbons (Fsp3) is 0.786. The quantitative estimate of drug-likeness (QED) is 0.366. The molecular formula is C14H26O3Si. The van der Waals surface area contributed by atoms with Crippen LogP contribution in [0.3, 0.4) is 0 Å². The molecule has 0 amide bonds. The summed E-state index contributed by atoms with van der Waals surface area (Å²) in [5, 5.41) is 0. The highest BCUT2D eigenvalue weighted by Gasteiger charge is 2.53. The topological polar surface area (TPSA) is 38.8 Å². The third kappa shape index (κ3) is 3.31. The van der Waals surface area contributed by atoms with Crippen LogP contribution in [0.25, 0.3) is 0 Å². The highest BCUT2D eigenvalue weighted by Crippen LogP contribution is 2.40. The molecule has 1 rings (SSSR count). The van der Waals surface area contributed by atoms with E-state index in [0.717, 1.165) is 18.1 Å². The van der Waals surface area contributed by atoms with E-state index in [4.69, 9.17) is 9.16 Å². The van der Waals surface area contributed by atoms with Crippen molar-refractivity contribution in [1.82, 2.24) is 0 Å². The average molecular weight is 270 g/mol. The van der Waals surface area contributed by atoms with Crippen LogP contribution >= 0.6 is 0 Å². The molecule has 104 valence electrons. The number of ketones is 1. The third-order valence-electron chi connectivity index (χ3n) is 4.11. The van der Waals surface area contributed by atoms with E-state index in [0.29, 0.717) is 13.0 Å². The maximum Gasteiger partial charge on any atom is 0.193 e. The van der Waals surface area contributed by atoms with Crippen LogP contribution in [-0.4, -0.2) is 32.4 Å². The van der Waals surface area contributed by atoms with Gasteiger partial charge in [-0.15, -0.1) is 6.58 Å². The van der Waals surface area contributed by atoms with Crippen LogP contribution in [0.4, 0.5) is 0 Å². The van der Waals surface area contributed by atoms with Gasteiger partial charge in [-0.3, -0.25) is 4.79 Å². The van der Waals surface area contributed by atoms with Crippen molar-refractivity contribution < 1.29 is 14.0 Å². The molecule has 0 aromatic carbocycles. The summed E-state index contributed by atoms with van der Waals surface area (Å²) in [6.45, 7) is 12.7. The van der Waals surface area contributed by atoms with Gasteiger partial charge in [-0.1, -0.05) is 26.8 Å². The molecule has 1 saturated heterocycles. The predicted molar refractivity (Wildman–Crippen MR) is 76.2 cm³/mol. The van der Waals surface area contributed by atoms with E-state index in [1.807, 2.05) is 6.08 Å². The standard InChI is InChI=1S/C14H26O3Si/c1-6-13(14(11-16-14)10-12(5)15)17-18(7-2,8-3)9-4/h6,13H,1,7-11H2,2-5H3/t13-,14+/m0/s1. The number of rotatable bonds is 9. The van der Waals surface area contributed by atoms with Crippen LogP contribution in [0.1, 0.15) is 34.1 Å². The molecule has 0 aromatic heterocycles. The minimum atomic E-state index is -1.68. The summed E-state index contributed by atoms with van der Waals surface area (Å²) in [5.74, 6) is 0.153. The maximum atomic E-state index is 11.3. The van der Waals surface area contributed by atoms with E-state index in [2.05, 4.69) is 27.4 Å². The van der Waals surface area contributed by atoms with Crippen molar-refractivity contribution in [2.75, 3.05) is 6.61 Å². The van der Waals surface area contributed by atoms with Crippen molar-refractivity contribution in [3.05, 3.63) is 12.7 Å². The van der Waals surface area contributed by atoms with E-state index in [1.165, 1.54) is 0 Å². The van der Waals surface area contributed by atoms with E-state index < -0.39 is 13.9 Å². The van der Waals surface area contributed by atoms with Gasteiger partial charge in [-0.25, -0.2) is 0 Å². The Morgan fingerprint density at radius 1 is 1.44 bits per heavy atom. The molecule has 0 bridgehead atoms. The molecule has 18 heavy (non-hydrogen) atoms. The molecular weight excluding hydrogens is 244 g/mol. The van der Waals surface area contributed by atoms with Crippen molar-refractivity contribution in [2.24, 2.45) is 0 Å². The van der Waals surface area contributed by atoms with Crippen LogP contribution in [0.2, 0.25) is 18.1 Å². The Morgan fingerprint density at radius 2 is 1.94 bits per heavy atom. The minimum absolute atomic E-state index is 0.132. The predicted octanol–water partition coefficient (Wildman–Crippen LogP) is 3.31. The first-order valence-electron chi connectivity index (χ1n) is 6.91. The Kier molecular flexibility index (Phi) is 5.31. The zero-order valence-corrected chi connectivity index (χ0v) is 13.1. The summed E-state index contributed by atoms with van der Waals surface area (Å²) < 4.78 is 12.0. The van der Waals surface area contributed by atoms with Gasteiger partial charge in [0, 0.05) is 6.42 Å². The van der Waals surface area contributed by atoms with Gasteiger partial charge in [-0.05, 0) is 25.1 Å². The summed E-state index contributed by atoms with van der Waals surface area (Å²) in [5.41, 5.74) is -0.411. The lowest BCUT2D eigenvalue weighted by Crippen LogP contribution is -2.45. The SMILES string of the molecule is C=C[C@H](O[Si](CC)(CC)CC)[C@@]1(CC(C)=O)CO1. The first kappa shape index (κ1) is 15.6. The van der Waals surface area contributed by atoms with Crippen LogP contribution < -0.4 is 0 Å². The van der Waals surface area contributed by atoms with E-state index in [1.54, 1.807) is 6.92 Å². The molecule has 3 nitrogen and oxygen atoms in total. The van der Waals surface area contributed by atoms with Crippen LogP contribution in [0.5, 0.6) is 0 Å². The Morgan fingerprint density at radius 3 is 2.22 bits per heavy atom. The first-order valence-corrected chi connectivity index (χ1v) is 9.44. The second-order valence-electron chi connectivity index (χ2n) is 5.25. The van der Waals surface area contributed by atoms with Crippen molar-refractivity contribution in [3.63, 3.8) is 0 Å². The van der Waals surface area contributed by atoms with E-state index in [9.17, 15) is 4.79 Å². The Balaban J connectivity index is 2.78. The van der Waals surface area contributed by atoms with Gasteiger partial charge < -0.3 is 9.16 Å². The third-order valence-corrected chi connectivity index (χ3v) is 8.73. The Bertz CT molecular complexity index is 298. The summed E-state index contributed by atoms with van der Waals surface area (Å²) >= 11 is 0. The van der Waals surface area contributed by atoms with Gasteiger partial charge >= 0.3 is 0 Å². The highest BCUT2D eigenvalue weighted by atomic mass is 28.4. The molecule has 1 heterocycles. The van der Waals surface area contributed by atoms with Crippen molar-refractivity contribution in [3.8, 4) is 0 Å². The number of carbonyl (C=O) groups is 1. The van der Waals surface area contributed by atoms with Gasteiger partial charge in [0.15, 0.2) is 8.32 Å². The largest absolute Gasteiger partial charge is 0.407 e. The van der Waals surface area contributed by atoms with Gasteiger partial charge in [0.25, 0.3) is 0 Å². The maximum absolute atomic E-state index is 11.3. The average Bonchev–Trinajstić information content (AvgIpc) is 3.11. The molecule has 0 aromatic rings. The number of hydrogen-bond donors (Lipinski definition) is 0. The highest BCUT2D eigenvalue weighted by molar-refractivity contribution is 6.73. The van der Waals surface area contributed by atoms with Gasteiger partial charge in [0.2, 0.25) is 0 Å². The summed E-state index contributed by atoms with van der Waals surface area (Å²) in [4.78, 5) is 11.3. The van der Waals surface area contributed by atoms with Crippen LogP contribution in [0.15, 0.2) is 12.7 Å². The van der Waals surface area contributed by atoms with Crippen molar-refractivity contribution in [1.29, 1.82) is 0 Å². The molecule has 1 aliphatic heterocycles. The fourth-order valence-electron chi connectivity index (χ4n) is 2.52. The lowest BCUT2D eigenvalue weighted by Gasteiger charge is -2.34. The molecule has 0 N–H and O–H groups in total. The van der Waals surface area contributed by atoms with Gasteiger partial charge in [0.1, 0.15) is 11.4 Å². The van der Waals surface area contributed by atoms with Gasteiger partial charge in [-0.2, -0.15) is 0 Å². The van der Waals surface area contributed by atoms with E-state index >= 15 is 0 Å². The van der Waals surface area contributed by atoms with Gasteiger partial charge in [0.05, 0.1) is 12.7 Å². The number of ether oxygens (including phenoxy) is 1. The summed E-state index contributed by atoms with van der Waals surface area (Å²) in [6, 6.07) is 3.29. The zero-order chi connectivity index (χ0) is 13.8. The smallest absolute Gasteiger partial charge is 0.193 e. The molecule has 4 heteroatoms. The normalized spacial score (nSPS) is 24.7. The molecule has 2 atom stereocenters. The molecule has 0 aliphatic carbocycles. The Hall–Kier alpha value is -0.453. The molecule has 0 spiro atoms. The first-order chi connectivity index (χ1) is 8.47. The number of carbonyl (C=O) groups excluding carboxylic acids is 1. The lowest BCUT2D eigenvalue weighted by molar-refractivity contribution is -0.118. The molecule has 0 radical (unpaired) electrons. The minimum Gasteiger partial charge on any atom is -0.407 e. The Labute approximate surface area is 112 Å². The van der Waals surface area contributed by atoms with Crippen LogP contribution in [0, 0.1) is 0 Å². The molecule has 0 unspecified atom stereocenters. The molecule has 0 saturated carbocycles.